The molecule has 0 spiro atoms. The quantitative estimate of drug-likeness (QED) is 0.565. The third-order valence-electron chi connectivity index (χ3n) is 7.15. The summed E-state index contributed by atoms with van der Waals surface area (Å²) in [7, 11) is 1.31. The molecule has 0 radical (unpaired) electrons. The predicted molar refractivity (Wildman–Crippen MR) is 137 cm³/mol. The Hall–Kier alpha value is -3.26. The average molecular weight is 514 g/mol. The van der Waals surface area contributed by atoms with E-state index in [4.69, 9.17) is 16.3 Å². The molecular weight excluding hydrogens is 482 g/mol. The molecule has 2 aromatic rings. The average Bonchev–Trinajstić information content (AvgIpc) is 3.04. The van der Waals surface area contributed by atoms with Crippen molar-refractivity contribution in [1.82, 2.24) is 9.80 Å². The van der Waals surface area contributed by atoms with E-state index in [2.05, 4.69) is 5.32 Å². The summed E-state index contributed by atoms with van der Waals surface area (Å²) in [5, 5.41) is 13.1. The number of piperidine rings is 1. The number of urea groups is 1. The molecule has 9 heteroatoms. The number of para-hydroxylation sites is 1. The van der Waals surface area contributed by atoms with Gasteiger partial charge < -0.3 is 25.0 Å². The lowest BCUT2D eigenvalue weighted by Gasteiger charge is -2.38. The van der Waals surface area contributed by atoms with Crippen molar-refractivity contribution in [2.24, 2.45) is 5.92 Å². The zero-order valence-electron chi connectivity index (χ0n) is 20.6. The number of hydrogen-bond donors (Lipinski definition) is 2. The van der Waals surface area contributed by atoms with Gasteiger partial charge in [0.2, 0.25) is 5.91 Å². The van der Waals surface area contributed by atoms with E-state index in [-0.39, 0.29) is 41.6 Å². The summed E-state index contributed by atoms with van der Waals surface area (Å²) in [6, 6.07) is 11.2. The SMILES string of the molecule is COC(=O)[C@H](CC(=O)N1CCC(N2CCc3ccccc3NC2=O)CC1)Cc1cc(C)c(O)c(Cl)c1. The maximum atomic E-state index is 13.1. The zero-order chi connectivity index (χ0) is 25.8. The number of benzene rings is 2. The van der Waals surface area contributed by atoms with E-state index in [1.54, 1.807) is 24.0 Å². The zero-order valence-corrected chi connectivity index (χ0v) is 21.4. The van der Waals surface area contributed by atoms with Crippen molar-refractivity contribution in [3.63, 3.8) is 0 Å². The maximum Gasteiger partial charge on any atom is 0.322 e. The second kappa shape index (κ2) is 11.2. The van der Waals surface area contributed by atoms with Gasteiger partial charge in [-0.3, -0.25) is 9.59 Å². The van der Waals surface area contributed by atoms with Crippen molar-refractivity contribution in [2.45, 2.75) is 45.1 Å². The first kappa shape index (κ1) is 25.8. The van der Waals surface area contributed by atoms with Crippen LogP contribution in [-0.2, 0) is 27.2 Å². The first-order valence-corrected chi connectivity index (χ1v) is 12.6. The normalized spacial score (nSPS) is 17.1. The van der Waals surface area contributed by atoms with Crippen LogP contribution in [0.1, 0.15) is 36.0 Å². The first-order chi connectivity index (χ1) is 17.3. The summed E-state index contributed by atoms with van der Waals surface area (Å²) in [6.45, 7) is 3.42. The number of nitrogens with one attached hydrogen (secondary N) is 1. The molecule has 2 heterocycles. The highest BCUT2D eigenvalue weighted by Gasteiger charge is 2.33. The van der Waals surface area contributed by atoms with Gasteiger partial charge in [-0.25, -0.2) is 4.79 Å². The molecular formula is C27H32ClN3O5. The van der Waals surface area contributed by atoms with Crippen LogP contribution in [0.15, 0.2) is 36.4 Å². The van der Waals surface area contributed by atoms with Gasteiger partial charge in [0.1, 0.15) is 5.75 Å². The molecule has 2 aliphatic heterocycles. The molecule has 0 saturated carbocycles. The smallest absolute Gasteiger partial charge is 0.322 e. The summed E-state index contributed by atoms with van der Waals surface area (Å²) in [5.74, 6) is -1.22. The van der Waals surface area contributed by atoms with Crippen LogP contribution >= 0.6 is 11.6 Å². The van der Waals surface area contributed by atoms with Crippen LogP contribution in [0.4, 0.5) is 10.5 Å². The van der Waals surface area contributed by atoms with Crippen LogP contribution in [0.5, 0.6) is 5.75 Å². The molecule has 0 aromatic heterocycles. The number of aryl methyl sites for hydroxylation is 1. The molecule has 192 valence electrons. The van der Waals surface area contributed by atoms with Crippen molar-refractivity contribution in [3.05, 3.63) is 58.1 Å². The molecule has 3 amide bonds. The number of hydrogen-bond acceptors (Lipinski definition) is 5. The molecule has 36 heavy (non-hydrogen) atoms. The number of rotatable bonds is 6. The Labute approximate surface area is 216 Å². The van der Waals surface area contributed by atoms with Gasteiger partial charge in [-0.2, -0.15) is 0 Å². The Morgan fingerprint density at radius 2 is 1.92 bits per heavy atom. The van der Waals surface area contributed by atoms with E-state index in [1.165, 1.54) is 7.11 Å². The van der Waals surface area contributed by atoms with Gasteiger partial charge in [0.15, 0.2) is 0 Å². The second-order valence-corrected chi connectivity index (χ2v) is 9.92. The molecule has 2 aromatic carbocycles. The summed E-state index contributed by atoms with van der Waals surface area (Å²) >= 11 is 6.09. The number of phenolic OH excluding ortho intramolecular Hbond substituents is 1. The van der Waals surface area contributed by atoms with E-state index in [1.807, 2.05) is 29.2 Å². The minimum atomic E-state index is -0.657. The van der Waals surface area contributed by atoms with Crippen molar-refractivity contribution in [1.29, 1.82) is 0 Å². The fourth-order valence-corrected chi connectivity index (χ4v) is 5.41. The van der Waals surface area contributed by atoms with Crippen molar-refractivity contribution < 1.29 is 24.2 Å². The Balaban J connectivity index is 1.35. The molecule has 2 aliphatic rings. The molecule has 8 nitrogen and oxygen atoms in total. The van der Waals surface area contributed by atoms with Crippen LogP contribution in [0.2, 0.25) is 5.02 Å². The molecule has 2 N–H and O–H groups in total. The molecule has 1 atom stereocenters. The van der Waals surface area contributed by atoms with Crippen LogP contribution < -0.4 is 5.32 Å². The first-order valence-electron chi connectivity index (χ1n) is 12.3. The number of halogens is 1. The molecule has 1 fully saturated rings. The van der Waals surface area contributed by atoms with E-state index < -0.39 is 11.9 Å². The number of methoxy groups -OCH3 is 1. The lowest BCUT2D eigenvalue weighted by atomic mass is 9.93. The number of ether oxygens (including phenoxy) is 1. The Kier molecular flexibility index (Phi) is 8.04. The molecule has 4 rings (SSSR count). The number of amides is 3. The number of carbonyl (C=O) groups excluding carboxylic acids is 3. The standard InChI is InChI=1S/C27H32ClN3O5/c1-17-13-18(15-22(28)25(17)33)14-20(26(34)36-2)16-24(32)30-10-8-21(9-11-30)31-12-7-19-5-3-4-6-23(19)29-27(31)35/h3-6,13,15,20-21,33H,7-12,14,16H2,1-2H3,(H,29,35)/t20-/m0/s1. The number of nitrogens with zero attached hydrogens (tertiary/aromatic N) is 2. The largest absolute Gasteiger partial charge is 0.506 e. The van der Waals surface area contributed by atoms with Gasteiger partial charge in [-0.15, -0.1) is 0 Å². The van der Waals surface area contributed by atoms with Gasteiger partial charge in [0, 0.05) is 37.8 Å². The van der Waals surface area contributed by atoms with E-state index in [0.717, 1.165) is 23.2 Å². The highest BCUT2D eigenvalue weighted by Crippen LogP contribution is 2.30. The van der Waals surface area contributed by atoms with Crippen LogP contribution in [0.3, 0.4) is 0 Å². The third kappa shape index (κ3) is 5.75. The molecule has 1 saturated heterocycles. The lowest BCUT2D eigenvalue weighted by Crippen LogP contribution is -2.50. The fraction of sp³-hybridized carbons (Fsp3) is 0.444. The summed E-state index contributed by atoms with van der Waals surface area (Å²) < 4.78 is 4.96. The van der Waals surface area contributed by atoms with E-state index in [9.17, 15) is 19.5 Å². The topological polar surface area (TPSA) is 99.2 Å². The highest BCUT2D eigenvalue weighted by atomic mass is 35.5. The van der Waals surface area contributed by atoms with Crippen molar-refractivity contribution >= 4 is 35.2 Å². The monoisotopic (exact) mass is 513 g/mol. The van der Waals surface area contributed by atoms with Gasteiger partial charge in [-0.05, 0) is 61.4 Å². The lowest BCUT2D eigenvalue weighted by molar-refractivity contribution is -0.149. The predicted octanol–water partition coefficient (Wildman–Crippen LogP) is 4.16. The van der Waals surface area contributed by atoms with E-state index >= 15 is 0 Å². The van der Waals surface area contributed by atoms with Crippen molar-refractivity contribution in [3.8, 4) is 5.75 Å². The van der Waals surface area contributed by atoms with Crippen molar-refractivity contribution in [2.75, 3.05) is 32.1 Å². The Bertz CT molecular complexity index is 1120. The number of carbonyl (C=O) groups is 3. The number of phenols is 1. The summed E-state index contributed by atoms with van der Waals surface area (Å²) in [5.41, 5.74) is 3.34. The number of esters is 1. The minimum absolute atomic E-state index is 0.0101. The Morgan fingerprint density at radius 1 is 1.19 bits per heavy atom. The number of anilines is 1. The molecule has 0 unspecified atom stereocenters. The van der Waals surface area contributed by atoms with E-state index in [0.29, 0.717) is 38.0 Å². The number of likely N-dealkylation sites (tertiary alicyclic amines) is 1. The minimum Gasteiger partial charge on any atom is -0.506 e. The third-order valence-corrected chi connectivity index (χ3v) is 7.44. The second-order valence-electron chi connectivity index (χ2n) is 9.51. The highest BCUT2D eigenvalue weighted by molar-refractivity contribution is 6.32. The van der Waals surface area contributed by atoms with Gasteiger partial charge >= 0.3 is 12.0 Å². The fourth-order valence-electron chi connectivity index (χ4n) is 5.12. The van der Waals surface area contributed by atoms with Crippen LogP contribution in [0.25, 0.3) is 0 Å². The van der Waals surface area contributed by atoms with Gasteiger partial charge in [-0.1, -0.05) is 35.9 Å². The van der Waals surface area contributed by atoms with Crippen LogP contribution in [-0.4, -0.2) is 65.6 Å². The summed E-state index contributed by atoms with van der Waals surface area (Å²) in [4.78, 5) is 42.1. The number of aromatic hydroxyl groups is 1. The Morgan fingerprint density at radius 3 is 2.61 bits per heavy atom. The van der Waals surface area contributed by atoms with Crippen LogP contribution in [0, 0.1) is 12.8 Å². The maximum absolute atomic E-state index is 13.1. The number of fused-ring (bicyclic) bond motifs is 1. The van der Waals surface area contributed by atoms with Gasteiger partial charge in [0.05, 0.1) is 18.1 Å². The molecule has 0 aliphatic carbocycles. The molecule has 0 bridgehead atoms. The summed E-state index contributed by atoms with van der Waals surface area (Å²) in [6.07, 6.45) is 2.46. The van der Waals surface area contributed by atoms with Gasteiger partial charge in [0.25, 0.3) is 0 Å².